The second kappa shape index (κ2) is 4.99. The van der Waals surface area contributed by atoms with Crippen LogP contribution in [0.3, 0.4) is 0 Å². The van der Waals surface area contributed by atoms with Crippen molar-refractivity contribution in [3.05, 3.63) is 0 Å². The predicted octanol–water partition coefficient (Wildman–Crippen LogP) is 2.37. The zero-order valence-corrected chi connectivity index (χ0v) is 7.58. The third-order valence-corrected chi connectivity index (χ3v) is 3.55. The summed E-state index contributed by atoms with van der Waals surface area (Å²) in [4.78, 5) is 0. The van der Waals surface area contributed by atoms with Crippen LogP contribution in [-0.4, -0.2) is 20.5 Å². The van der Waals surface area contributed by atoms with E-state index in [1.165, 1.54) is 11.6 Å². The quantitative estimate of drug-likeness (QED) is 0.464. The van der Waals surface area contributed by atoms with E-state index >= 15 is 0 Å². The molecule has 0 atom stereocenters. The third-order valence-electron chi connectivity index (χ3n) is 0.739. The molecule has 0 nitrogen and oxygen atoms in total. The Labute approximate surface area is 55.5 Å². The first-order valence-electron chi connectivity index (χ1n) is 2.48. The molecule has 0 heterocycles. The topological polar surface area (TPSA) is 0 Å². The van der Waals surface area contributed by atoms with Crippen molar-refractivity contribution < 1.29 is 0 Å². The Kier molecular flexibility index (Phi) is 5.60. The Morgan fingerprint density at radius 3 is 2.14 bits per heavy atom. The van der Waals surface area contributed by atoms with E-state index in [-0.39, 0.29) is 14.7 Å². The van der Waals surface area contributed by atoms with Gasteiger partial charge in [0, 0.05) is 0 Å². The van der Waals surface area contributed by atoms with Gasteiger partial charge < -0.3 is 0 Å². The molecule has 0 aromatic rings. The van der Waals surface area contributed by atoms with E-state index in [2.05, 4.69) is 11.4 Å². The average molecular weight is 183 g/mol. The van der Waals surface area contributed by atoms with E-state index in [0.29, 0.717) is 0 Å². The Balaban J connectivity index is 2.68. The van der Waals surface area contributed by atoms with Crippen LogP contribution in [0.4, 0.5) is 0 Å². The number of rotatable bonds is 3. The number of alkyl halides is 1. The van der Waals surface area contributed by atoms with Crippen LogP contribution in [-0.2, 0) is 0 Å². The first kappa shape index (κ1) is 7.85. The van der Waals surface area contributed by atoms with Crippen molar-refractivity contribution in [3.63, 3.8) is 0 Å². The average Bonchev–Trinajstić information content (AvgIpc) is 1.61. The monoisotopic (exact) mass is 182 g/mol. The zero-order chi connectivity index (χ0) is 5.70. The molecular formula is C5H12AsCl. The van der Waals surface area contributed by atoms with Crippen molar-refractivity contribution in [2.24, 2.45) is 0 Å². The molecular weight excluding hydrogens is 170 g/mol. The summed E-state index contributed by atoms with van der Waals surface area (Å²) in [5.74, 6) is 0.854. The van der Waals surface area contributed by atoms with Gasteiger partial charge in [0.05, 0.1) is 0 Å². The molecule has 0 N–H and O–H groups in total. The molecule has 0 saturated heterocycles. The van der Waals surface area contributed by atoms with E-state index in [4.69, 9.17) is 11.6 Å². The van der Waals surface area contributed by atoms with Crippen LogP contribution in [0.5, 0.6) is 0 Å². The van der Waals surface area contributed by atoms with Gasteiger partial charge in [-0.15, -0.1) is 0 Å². The first-order chi connectivity index (χ1) is 3.27. The van der Waals surface area contributed by atoms with Gasteiger partial charge in [-0.2, -0.15) is 0 Å². The van der Waals surface area contributed by atoms with Crippen molar-refractivity contribution in [2.45, 2.75) is 23.1 Å². The minimum absolute atomic E-state index is 0.327. The van der Waals surface area contributed by atoms with Crippen LogP contribution < -0.4 is 0 Å². The molecule has 0 aliphatic carbocycles. The fraction of sp³-hybridized carbons (Fsp3) is 1.00. The van der Waals surface area contributed by atoms with Gasteiger partial charge in [-0.1, -0.05) is 0 Å². The second-order valence-electron chi connectivity index (χ2n) is 1.85. The Morgan fingerprint density at radius 1 is 1.43 bits per heavy atom. The molecule has 0 fully saturated rings. The van der Waals surface area contributed by atoms with Crippen LogP contribution in [0.1, 0.15) is 6.42 Å². The van der Waals surface area contributed by atoms with Crippen LogP contribution in [0.25, 0.3) is 0 Å². The number of hydrogen-bond acceptors (Lipinski definition) is 0. The van der Waals surface area contributed by atoms with Gasteiger partial charge in [-0.25, -0.2) is 0 Å². The fourth-order valence-corrected chi connectivity index (χ4v) is 2.57. The van der Waals surface area contributed by atoms with Crippen LogP contribution in [0.2, 0.25) is 16.6 Å². The molecule has 0 spiro atoms. The van der Waals surface area contributed by atoms with E-state index in [1.54, 1.807) is 0 Å². The van der Waals surface area contributed by atoms with Gasteiger partial charge in [-0.05, 0) is 0 Å². The summed E-state index contributed by atoms with van der Waals surface area (Å²) in [6, 6.07) is 0. The van der Waals surface area contributed by atoms with Gasteiger partial charge in [0.25, 0.3) is 0 Å². The first-order valence-corrected chi connectivity index (χ1v) is 8.09. The van der Waals surface area contributed by atoms with E-state index in [0.717, 1.165) is 5.88 Å². The maximum atomic E-state index is 5.47. The standard InChI is InChI=1S/C5H12AsCl/c1-6(2)4-3-5-7/h3-5H2,1-2H3. The maximum absolute atomic E-state index is 5.47. The molecule has 0 bridgehead atoms. The van der Waals surface area contributed by atoms with Crippen molar-refractivity contribution >= 4 is 26.3 Å². The molecule has 0 aliphatic heterocycles. The summed E-state index contributed by atoms with van der Waals surface area (Å²) in [5, 5.41) is 1.41. The fourth-order valence-electron chi connectivity index (χ4n) is 0.376. The molecule has 0 aliphatic rings. The summed E-state index contributed by atoms with van der Waals surface area (Å²) < 4.78 is 0. The summed E-state index contributed by atoms with van der Waals surface area (Å²) in [7, 11) is 0. The minimum atomic E-state index is -0.327. The van der Waals surface area contributed by atoms with Crippen molar-refractivity contribution in [1.29, 1.82) is 0 Å². The molecule has 2 heteroatoms. The van der Waals surface area contributed by atoms with Gasteiger partial charge >= 0.3 is 55.2 Å². The summed E-state index contributed by atoms with van der Waals surface area (Å²) in [6.07, 6.45) is 1.23. The van der Waals surface area contributed by atoms with Gasteiger partial charge in [0.15, 0.2) is 0 Å². The van der Waals surface area contributed by atoms with Crippen molar-refractivity contribution in [2.75, 3.05) is 5.88 Å². The Bertz CT molecular complexity index is 37.1. The van der Waals surface area contributed by atoms with Crippen LogP contribution in [0.15, 0.2) is 0 Å². The molecule has 0 unspecified atom stereocenters. The van der Waals surface area contributed by atoms with Crippen molar-refractivity contribution in [3.8, 4) is 0 Å². The Morgan fingerprint density at radius 2 is 2.00 bits per heavy atom. The van der Waals surface area contributed by atoms with E-state index in [9.17, 15) is 0 Å². The van der Waals surface area contributed by atoms with Crippen molar-refractivity contribution in [1.82, 2.24) is 0 Å². The van der Waals surface area contributed by atoms with Gasteiger partial charge in [-0.3, -0.25) is 0 Å². The Hall–Kier alpha value is 0.848. The zero-order valence-electron chi connectivity index (χ0n) is 4.95. The molecule has 0 amide bonds. The summed E-state index contributed by atoms with van der Waals surface area (Å²) in [5.41, 5.74) is 4.72. The molecule has 0 saturated carbocycles. The van der Waals surface area contributed by atoms with E-state index < -0.39 is 0 Å². The van der Waals surface area contributed by atoms with Crippen LogP contribution in [0, 0.1) is 0 Å². The molecule has 0 aromatic carbocycles. The predicted molar refractivity (Wildman–Crippen MR) is 37.6 cm³/mol. The summed E-state index contributed by atoms with van der Waals surface area (Å²) >= 11 is 5.14. The molecule has 0 radical (unpaired) electrons. The number of hydrogen-bond donors (Lipinski definition) is 0. The summed E-state index contributed by atoms with van der Waals surface area (Å²) in [6.45, 7) is 0. The normalized spacial score (nSPS) is 10.3. The second-order valence-corrected chi connectivity index (χ2v) is 7.69. The SMILES string of the molecule is C[As](C)CCCCl. The van der Waals surface area contributed by atoms with Crippen LogP contribution >= 0.6 is 11.6 Å². The molecule has 0 rings (SSSR count). The molecule has 0 aromatic heterocycles. The van der Waals surface area contributed by atoms with Gasteiger partial charge in [0.1, 0.15) is 0 Å². The molecule has 7 heavy (non-hydrogen) atoms. The number of halogens is 1. The molecule has 44 valence electrons. The van der Waals surface area contributed by atoms with E-state index in [1.807, 2.05) is 0 Å². The third kappa shape index (κ3) is 6.85. The van der Waals surface area contributed by atoms with Gasteiger partial charge in [0.2, 0.25) is 0 Å².